The van der Waals surface area contributed by atoms with Gasteiger partial charge in [-0.15, -0.1) is 11.3 Å². The fourth-order valence-electron chi connectivity index (χ4n) is 3.29. The maximum absolute atomic E-state index is 13.7. The molecule has 0 saturated heterocycles. The van der Waals surface area contributed by atoms with Gasteiger partial charge < -0.3 is 10.1 Å². The van der Waals surface area contributed by atoms with Gasteiger partial charge in [0.2, 0.25) is 0 Å². The molecule has 2 heterocycles. The van der Waals surface area contributed by atoms with E-state index in [2.05, 4.69) is 10.4 Å². The van der Waals surface area contributed by atoms with Crippen molar-refractivity contribution >= 4 is 22.9 Å². The van der Waals surface area contributed by atoms with Crippen LogP contribution in [0, 0.1) is 31.3 Å². The first-order valence-electron chi connectivity index (χ1n) is 10.0. The number of carbonyl (C=O) groups excluding carboxylic acids is 1. The molecule has 0 saturated carbocycles. The minimum Gasteiger partial charge on any atom is -0.486 e. The van der Waals surface area contributed by atoms with Gasteiger partial charge in [-0.2, -0.15) is 5.10 Å². The number of rotatable bonds is 7. The molecular formula is C24H20F3N3O2S. The van der Waals surface area contributed by atoms with Crippen LogP contribution >= 0.6 is 11.3 Å². The Morgan fingerprint density at radius 3 is 2.48 bits per heavy atom. The van der Waals surface area contributed by atoms with Gasteiger partial charge >= 0.3 is 0 Å². The van der Waals surface area contributed by atoms with Crippen LogP contribution in [0.3, 0.4) is 0 Å². The Bertz CT molecular complexity index is 1300. The number of thiophene rings is 1. The monoisotopic (exact) mass is 471 g/mol. The molecule has 1 N–H and O–H groups in total. The number of nitrogens with zero attached hydrogens (tertiary/aromatic N) is 2. The van der Waals surface area contributed by atoms with Crippen molar-refractivity contribution in [1.29, 1.82) is 0 Å². The van der Waals surface area contributed by atoms with Crippen molar-refractivity contribution in [3.8, 4) is 5.75 Å². The summed E-state index contributed by atoms with van der Waals surface area (Å²) < 4.78 is 47.0. The fourth-order valence-corrected chi connectivity index (χ4v) is 4.09. The van der Waals surface area contributed by atoms with E-state index in [0.717, 1.165) is 23.4 Å². The highest BCUT2D eigenvalue weighted by Crippen LogP contribution is 2.24. The molecule has 0 fully saturated rings. The Kier molecular flexibility index (Phi) is 6.50. The summed E-state index contributed by atoms with van der Waals surface area (Å²) in [6, 6.07) is 10.9. The summed E-state index contributed by atoms with van der Waals surface area (Å²) in [5, 5.41) is 9.13. The van der Waals surface area contributed by atoms with Crippen LogP contribution in [-0.4, -0.2) is 15.7 Å². The largest absolute Gasteiger partial charge is 0.486 e. The number of anilines is 1. The zero-order valence-corrected chi connectivity index (χ0v) is 18.7. The quantitative estimate of drug-likeness (QED) is 0.367. The number of hydrogen-bond acceptors (Lipinski definition) is 4. The number of hydrogen-bond donors (Lipinski definition) is 1. The van der Waals surface area contributed by atoms with Crippen molar-refractivity contribution in [2.24, 2.45) is 0 Å². The lowest BCUT2D eigenvalue weighted by Gasteiger charge is -2.07. The first-order chi connectivity index (χ1) is 15.8. The number of aryl methyl sites for hydroxylation is 1. The van der Waals surface area contributed by atoms with Gasteiger partial charge in [-0.1, -0.05) is 12.1 Å². The van der Waals surface area contributed by atoms with Crippen LogP contribution in [0.15, 0.2) is 53.9 Å². The number of ether oxygens (including phenoxy) is 1. The van der Waals surface area contributed by atoms with Crippen molar-refractivity contribution in [2.75, 3.05) is 5.32 Å². The van der Waals surface area contributed by atoms with Gasteiger partial charge in [0.15, 0.2) is 11.6 Å². The zero-order valence-electron chi connectivity index (χ0n) is 17.9. The average Bonchev–Trinajstić information content (AvgIpc) is 3.35. The SMILES string of the molecule is Cc1nn(Cc2ccc(F)cc2)c(C)c1NC(=O)c1cc(COc2ccc(F)cc2F)cs1. The molecule has 9 heteroatoms. The second-order valence-corrected chi connectivity index (χ2v) is 8.38. The molecule has 4 aromatic rings. The number of aromatic nitrogens is 2. The molecule has 5 nitrogen and oxygen atoms in total. The zero-order chi connectivity index (χ0) is 23.5. The molecule has 0 radical (unpaired) electrons. The van der Waals surface area contributed by atoms with Crippen LogP contribution in [-0.2, 0) is 13.2 Å². The summed E-state index contributed by atoms with van der Waals surface area (Å²) in [5.74, 6) is -2.13. The molecule has 170 valence electrons. The van der Waals surface area contributed by atoms with Crippen LogP contribution in [0.4, 0.5) is 18.9 Å². The van der Waals surface area contributed by atoms with Gasteiger partial charge in [0, 0.05) is 11.6 Å². The summed E-state index contributed by atoms with van der Waals surface area (Å²) in [6.07, 6.45) is 0. The van der Waals surface area contributed by atoms with Gasteiger partial charge in [0.05, 0.1) is 28.5 Å². The van der Waals surface area contributed by atoms with E-state index in [-0.39, 0.29) is 24.1 Å². The van der Waals surface area contributed by atoms with Crippen molar-refractivity contribution in [1.82, 2.24) is 9.78 Å². The van der Waals surface area contributed by atoms with E-state index in [0.29, 0.717) is 28.4 Å². The number of benzene rings is 2. The first kappa shape index (κ1) is 22.6. The Balaban J connectivity index is 1.42. The van der Waals surface area contributed by atoms with Crippen molar-refractivity contribution in [3.63, 3.8) is 0 Å². The number of amides is 1. The highest BCUT2D eigenvalue weighted by atomic mass is 32.1. The molecule has 0 aliphatic heterocycles. The Labute approximate surface area is 192 Å². The molecule has 33 heavy (non-hydrogen) atoms. The number of nitrogens with one attached hydrogen (secondary N) is 1. The predicted molar refractivity (Wildman–Crippen MR) is 120 cm³/mol. The predicted octanol–water partition coefficient (Wildman–Crippen LogP) is 5.86. The van der Waals surface area contributed by atoms with E-state index in [9.17, 15) is 18.0 Å². The second-order valence-electron chi connectivity index (χ2n) is 7.47. The average molecular weight is 472 g/mol. The molecule has 0 atom stereocenters. The van der Waals surface area contributed by atoms with Gasteiger partial charge in [0.1, 0.15) is 18.2 Å². The Hall–Kier alpha value is -3.59. The fraction of sp³-hybridized carbons (Fsp3) is 0.167. The first-order valence-corrected chi connectivity index (χ1v) is 10.9. The minimum atomic E-state index is -0.785. The Morgan fingerprint density at radius 2 is 1.76 bits per heavy atom. The van der Waals surface area contributed by atoms with Gasteiger partial charge in [0.25, 0.3) is 5.91 Å². The van der Waals surface area contributed by atoms with Crippen LogP contribution < -0.4 is 10.1 Å². The smallest absolute Gasteiger partial charge is 0.265 e. The van der Waals surface area contributed by atoms with E-state index in [1.807, 2.05) is 6.92 Å². The molecule has 0 spiro atoms. The summed E-state index contributed by atoms with van der Waals surface area (Å²) in [5.41, 5.74) is 3.63. The van der Waals surface area contributed by atoms with Gasteiger partial charge in [-0.25, -0.2) is 13.2 Å². The molecule has 0 aliphatic carbocycles. The van der Waals surface area contributed by atoms with Crippen LogP contribution in [0.5, 0.6) is 5.75 Å². The molecule has 0 bridgehead atoms. The van der Waals surface area contributed by atoms with E-state index in [1.165, 1.54) is 29.5 Å². The molecule has 0 unspecified atom stereocenters. The van der Waals surface area contributed by atoms with Crippen molar-refractivity contribution in [2.45, 2.75) is 27.0 Å². The summed E-state index contributed by atoms with van der Waals surface area (Å²) >= 11 is 1.23. The van der Waals surface area contributed by atoms with Crippen molar-refractivity contribution in [3.05, 3.63) is 98.8 Å². The van der Waals surface area contributed by atoms with E-state index < -0.39 is 11.6 Å². The minimum absolute atomic E-state index is 0.0417. The van der Waals surface area contributed by atoms with E-state index in [1.54, 1.807) is 35.2 Å². The van der Waals surface area contributed by atoms with Gasteiger partial charge in [-0.3, -0.25) is 9.48 Å². The van der Waals surface area contributed by atoms with Crippen LogP contribution in [0.2, 0.25) is 0 Å². The number of carbonyl (C=O) groups is 1. The lowest BCUT2D eigenvalue weighted by atomic mass is 10.2. The van der Waals surface area contributed by atoms with E-state index >= 15 is 0 Å². The third-order valence-corrected chi connectivity index (χ3v) is 6.01. The van der Waals surface area contributed by atoms with Gasteiger partial charge in [-0.05, 0) is 55.1 Å². The van der Waals surface area contributed by atoms with E-state index in [4.69, 9.17) is 4.74 Å². The highest BCUT2D eigenvalue weighted by molar-refractivity contribution is 7.12. The standard InChI is InChI=1S/C24H20F3N3O2S/c1-14-23(15(2)30(29-14)11-16-3-5-18(25)6-4-16)28-24(31)22-9-17(13-33-22)12-32-21-8-7-19(26)10-20(21)27/h3-10,13H,11-12H2,1-2H3,(H,28,31). The molecule has 1 amide bonds. The summed E-state index contributed by atoms with van der Waals surface area (Å²) in [4.78, 5) is 13.2. The molecular weight excluding hydrogens is 451 g/mol. The normalized spacial score (nSPS) is 10.9. The number of halogens is 3. The summed E-state index contributed by atoms with van der Waals surface area (Å²) in [7, 11) is 0. The third kappa shape index (κ3) is 5.25. The topological polar surface area (TPSA) is 56.2 Å². The molecule has 4 rings (SSSR count). The van der Waals surface area contributed by atoms with Crippen molar-refractivity contribution < 1.29 is 22.7 Å². The second kappa shape index (κ2) is 9.50. The molecule has 2 aromatic carbocycles. The maximum atomic E-state index is 13.7. The van der Waals surface area contributed by atoms with Crippen LogP contribution in [0.25, 0.3) is 0 Å². The highest BCUT2D eigenvalue weighted by Gasteiger charge is 2.17. The molecule has 2 aromatic heterocycles. The maximum Gasteiger partial charge on any atom is 0.265 e. The molecule has 0 aliphatic rings. The lowest BCUT2D eigenvalue weighted by molar-refractivity contribution is 0.103. The summed E-state index contributed by atoms with van der Waals surface area (Å²) in [6.45, 7) is 4.14. The van der Waals surface area contributed by atoms with Crippen LogP contribution in [0.1, 0.15) is 32.2 Å². The third-order valence-electron chi connectivity index (χ3n) is 5.03. The Morgan fingerprint density at radius 1 is 1.03 bits per heavy atom. The lowest BCUT2D eigenvalue weighted by Crippen LogP contribution is -2.12.